The lowest BCUT2D eigenvalue weighted by Crippen LogP contribution is -2.47. The van der Waals surface area contributed by atoms with Gasteiger partial charge in [0, 0.05) is 10.7 Å². The first kappa shape index (κ1) is 24.6. The number of phenols is 1. The van der Waals surface area contributed by atoms with Gasteiger partial charge < -0.3 is 15.7 Å². The lowest BCUT2D eigenvalue weighted by molar-refractivity contribution is -0.203. The van der Waals surface area contributed by atoms with Crippen molar-refractivity contribution in [2.24, 2.45) is 5.41 Å². The number of rotatable bonds is 5. The van der Waals surface area contributed by atoms with E-state index in [2.05, 4.69) is 10.6 Å². The van der Waals surface area contributed by atoms with Gasteiger partial charge in [0.15, 0.2) is 5.41 Å². The van der Waals surface area contributed by atoms with Crippen LogP contribution in [0.1, 0.15) is 21.7 Å². The van der Waals surface area contributed by atoms with Crippen LogP contribution in [-0.4, -0.2) is 23.1 Å². The highest BCUT2D eigenvalue weighted by molar-refractivity contribution is 7.12. The van der Waals surface area contributed by atoms with Crippen LogP contribution in [0.25, 0.3) is 5.57 Å². The number of nitrogens with one attached hydrogen (secondary N) is 2. The van der Waals surface area contributed by atoms with E-state index in [-0.39, 0.29) is 17.1 Å². The molecular weight excluding hydrogens is 501 g/mol. The van der Waals surface area contributed by atoms with E-state index in [0.29, 0.717) is 21.0 Å². The predicted octanol–water partition coefficient (Wildman–Crippen LogP) is 6.89. The zero-order chi connectivity index (χ0) is 25.2. The molecule has 0 fully saturated rings. The molecule has 2 amide bonds. The summed E-state index contributed by atoms with van der Waals surface area (Å²) in [4.78, 5) is 25.6. The molecule has 0 bridgehead atoms. The maximum Gasteiger partial charge on any atom is 0.406 e. The van der Waals surface area contributed by atoms with Gasteiger partial charge >= 0.3 is 6.18 Å². The van der Waals surface area contributed by atoms with E-state index in [4.69, 9.17) is 11.6 Å². The third-order valence-corrected chi connectivity index (χ3v) is 6.73. The molecule has 1 aliphatic rings. The van der Waals surface area contributed by atoms with Gasteiger partial charge in [-0.2, -0.15) is 13.2 Å². The first-order valence-electron chi connectivity index (χ1n) is 10.3. The Labute approximate surface area is 207 Å². The number of anilines is 2. The van der Waals surface area contributed by atoms with Crippen molar-refractivity contribution >= 4 is 51.7 Å². The van der Waals surface area contributed by atoms with Gasteiger partial charge in [0.2, 0.25) is 5.91 Å². The number of carbonyl (C=O) groups is 2. The summed E-state index contributed by atoms with van der Waals surface area (Å²) in [7, 11) is 0. The number of phenolic OH excluding ortho intramolecular Hbond substituents is 1. The summed E-state index contributed by atoms with van der Waals surface area (Å²) in [6, 6.07) is 13.6. The summed E-state index contributed by atoms with van der Waals surface area (Å²) in [5, 5.41) is 16.9. The summed E-state index contributed by atoms with van der Waals surface area (Å²) >= 11 is 7.34. The van der Waals surface area contributed by atoms with E-state index in [1.807, 2.05) is 0 Å². The van der Waals surface area contributed by atoms with Crippen LogP contribution in [0.2, 0.25) is 5.02 Å². The topological polar surface area (TPSA) is 78.4 Å². The molecule has 3 aromatic rings. The number of hydrogen-bond acceptors (Lipinski definition) is 4. The Morgan fingerprint density at radius 3 is 2.46 bits per heavy atom. The molecule has 1 atom stereocenters. The van der Waals surface area contributed by atoms with Gasteiger partial charge in [-0.3, -0.25) is 9.59 Å². The SMILES string of the molecule is O=C(Nc1cc(NC(=O)C2(C(F)(F)F)C=CC(c3ccccc3Cl)=CC2)ccc1O)c1cccs1. The molecule has 0 spiro atoms. The van der Waals surface area contributed by atoms with Crippen LogP contribution in [0.15, 0.2) is 78.2 Å². The van der Waals surface area contributed by atoms with Crippen molar-refractivity contribution in [1.29, 1.82) is 0 Å². The van der Waals surface area contributed by atoms with Gasteiger partial charge in [-0.05, 0) is 53.3 Å². The molecule has 0 saturated heterocycles. The van der Waals surface area contributed by atoms with Crippen molar-refractivity contribution in [3.8, 4) is 5.75 Å². The highest BCUT2D eigenvalue weighted by atomic mass is 35.5. The largest absolute Gasteiger partial charge is 0.506 e. The fraction of sp³-hybridized carbons (Fsp3) is 0.120. The molecule has 1 aliphatic carbocycles. The third kappa shape index (κ3) is 4.96. The van der Waals surface area contributed by atoms with Crippen molar-refractivity contribution in [2.45, 2.75) is 12.6 Å². The second-order valence-electron chi connectivity index (χ2n) is 7.76. The Balaban J connectivity index is 1.57. The molecule has 4 rings (SSSR count). The fourth-order valence-corrected chi connectivity index (χ4v) is 4.45. The molecule has 1 aromatic heterocycles. The van der Waals surface area contributed by atoms with E-state index in [0.717, 1.165) is 6.08 Å². The molecule has 35 heavy (non-hydrogen) atoms. The zero-order valence-corrected chi connectivity index (χ0v) is 19.5. The number of aromatic hydroxyl groups is 1. The number of carbonyl (C=O) groups excluding carboxylic acids is 2. The minimum absolute atomic E-state index is 0.0211. The average molecular weight is 519 g/mol. The normalized spacial score (nSPS) is 17.5. The molecular formula is C25H18ClF3N2O3S. The molecule has 0 saturated carbocycles. The lowest BCUT2D eigenvalue weighted by atomic mass is 9.77. The van der Waals surface area contributed by atoms with Crippen LogP contribution >= 0.6 is 22.9 Å². The zero-order valence-electron chi connectivity index (χ0n) is 17.9. The van der Waals surface area contributed by atoms with E-state index in [9.17, 15) is 27.9 Å². The molecule has 1 unspecified atom stereocenters. The number of thiophene rings is 1. The van der Waals surface area contributed by atoms with Gasteiger partial charge in [0.1, 0.15) is 5.75 Å². The first-order valence-corrected chi connectivity index (χ1v) is 11.6. The van der Waals surface area contributed by atoms with Crippen LogP contribution in [0.4, 0.5) is 24.5 Å². The Kier molecular flexibility index (Phi) is 6.73. The van der Waals surface area contributed by atoms with Gasteiger partial charge in [-0.15, -0.1) is 11.3 Å². The lowest BCUT2D eigenvalue weighted by Gasteiger charge is -2.33. The predicted molar refractivity (Wildman–Crippen MR) is 131 cm³/mol. The Hall–Kier alpha value is -3.56. The summed E-state index contributed by atoms with van der Waals surface area (Å²) < 4.78 is 42.5. The van der Waals surface area contributed by atoms with Crippen LogP contribution in [0.3, 0.4) is 0 Å². The molecule has 2 aromatic carbocycles. The smallest absolute Gasteiger partial charge is 0.406 e. The second-order valence-corrected chi connectivity index (χ2v) is 9.12. The van der Waals surface area contributed by atoms with Gasteiger partial charge in [-0.1, -0.05) is 54.1 Å². The number of alkyl halides is 3. The number of allylic oxidation sites excluding steroid dienone is 3. The monoisotopic (exact) mass is 518 g/mol. The summed E-state index contributed by atoms with van der Waals surface area (Å²) in [5.74, 6) is -2.10. The van der Waals surface area contributed by atoms with Crippen molar-refractivity contribution in [2.75, 3.05) is 10.6 Å². The van der Waals surface area contributed by atoms with Crippen molar-refractivity contribution in [1.82, 2.24) is 0 Å². The highest BCUT2D eigenvalue weighted by Crippen LogP contribution is 2.47. The molecule has 180 valence electrons. The Bertz CT molecular complexity index is 1340. The summed E-state index contributed by atoms with van der Waals surface area (Å²) in [6.45, 7) is 0. The maximum atomic E-state index is 14.2. The molecule has 10 heteroatoms. The minimum Gasteiger partial charge on any atom is -0.506 e. The van der Waals surface area contributed by atoms with Gasteiger partial charge in [-0.25, -0.2) is 0 Å². The second kappa shape index (κ2) is 9.59. The Morgan fingerprint density at radius 2 is 1.83 bits per heavy atom. The minimum atomic E-state index is -4.89. The summed E-state index contributed by atoms with van der Waals surface area (Å²) in [6.07, 6.45) is -2.11. The Morgan fingerprint density at radius 1 is 1.06 bits per heavy atom. The molecule has 0 radical (unpaired) electrons. The quantitative estimate of drug-likeness (QED) is 0.254. The van der Waals surface area contributed by atoms with Crippen LogP contribution in [-0.2, 0) is 4.79 Å². The highest BCUT2D eigenvalue weighted by Gasteiger charge is 2.58. The van der Waals surface area contributed by atoms with E-state index in [1.165, 1.54) is 41.7 Å². The number of amides is 2. The fourth-order valence-electron chi connectivity index (χ4n) is 3.59. The number of halogens is 4. The first-order chi connectivity index (χ1) is 16.6. The molecule has 3 N–H and O–H groups in total. The standard InChI is InChI=1S/C25H18ClF3N2O3S/c26-18-5-2-1-4-17(18)15-9-11-24(12-10-15,25(27,28)29)23(34)30-16-7-8-20(32)19(14-16)31-22(33)21-6-3-13-35-21/h1-11,13-14,32H,12H2,(H,30,34)(H,31,33). The van der Waals surface area contributed by atoms with Crippen molar-refractivity contribution in [3.05, 3.63) is 93.7 Å². The van der Waals surface area contributed by atoms with Crippen molar-refractivity contribution in [3.63, 3.8) is 0 Å². The van der Waals surface area contributed by atoms with E-state index >= 15 is 0 Å². The molecule has 1 heterocycles. The van der Waals surface area contributed by atoms with Crippen molar-refractivity contribution < 1.29 is 27.9 Å². The van der Waals surface area contributed by atoms with E-state index in [1.54, 1.807) is 41.8 Å². The third-order valence-electron chi connectivity index (χ3n) is 5.53. The average Bonchev–Trinajstić information content (AvgIpc) is 3.36. The number of hydrogen-bond donors (Lipinski definition) is 3. The van der Waals surface area contributed by atoms with Gasteiger partial charge in [0.25, 0.3) is 5.91 Å². The van der Waals surface area contributed by atoms with E-state index < -0.39 is 29.8 Å². The molecule has 5 nitrogen and oxygen atoms in total. The van der Waals surface area contributed by atoms with Crippen LogP contribution in [0.5, 0.6) is 5.75 Å². The number of benzene rings is 2. The maximum absolute atomic E-state index is 14.2. The summed E-state index contributed by atoms with van der Waals surface area (Å²) in [5.41, 5.74) is -1.84. The van der Waals surface area contributed by atoms with Crippen LogP contribution in [0, 0.1) is 5.41 Å². The van der Waals surface area contributed by atoms with Crippen LogP contribution < -0.4 is 10.6 Å². The molecule has 0 aliphatic heterocycles. The van der Waals surface area contributed by atoms with Gasteiger partial charge in [0.05, 0.1) is 10.6 Å².